The van der Waals surface area contributed by atoms with Gasteiger partial charge < -0.3 is 9.55 Å². The molecule has 6 rings (SSSR count). The van der Waals surface area contributed by atoms with Gasteiger partial charge in [-0.3, -0.25) is 4.98 Å². The van der Waals surface area contributed by atoms with Crippen LogP contribution in [-0.4, -0.2) is 14.5 Å². The van der Waals surface area contributed by atoms with E-state index in [1.807, 2.05) is 49.5 Å². The van der Waals surface area contributed by atoms with Gasteiger partial charge in [0.05, 0.1) is 16.9 Å². The Bertz CT molecular complexity index is 1390. The van der Waals surface area contributed by atoms with E-state index in [2.05, 4.69) is 78.0 Å². The van der Waals surface area contributed by atoms with Crippen LogP contribution in [0.15, 0.2) is 79.0 Å². The number of pyridine rings is 1. The maximum absolute atomic E-state index is 4.81. The van der Waals surface area contributed by atoms with E-state index in [1.54, 1.807) is 0 Å². The van der Waals surface area contributed by atoms with Crippen molar-refractivity contribution in [3.8, 4) is 22.6 Å². The van der Waals surface area contributed by atoms with E-state index in [0.717, 1.165) is 34.7 Å². The summed E-state index contributed by atoms with van der Waals surface area (Å²) >= 11 is 0. The summed E-state index contributed by atoms with van der Waals surface area (Å²) in [7, 11) is 0. The Morgan fingerprint density at radius 1 is 0.853 bits per heavy atom. The Morgan fingerprint density at radius 2 is 1.71 bits per heavy atom. The minimum Gasteiger partial charge on any atom is -0.360 e. The van der Waals surface area contributed by atoms with Crippen LogP contribution in [0.4, 0.5) is 0 Å². The Labute approximate surface area is 214 Å². The molecule has 0 N–H and O–H groups in total. The molecule has 3 nitrogen and oxygen atoms in total. The molecule has 171 valence electrons. The van der Waals surface area contributed by atoms with Crippen LogP contribution in [0.25, 0.3) is 39.8 Å². The third-order valence-electron chi connectivity index (χ3n) is 5.71. The normalized spacial score (nSPS) is 11.5. The molecule has 0 amide bonds. The van der Waals surface area contributed by atoms with Crippen LogP contribution in [0, 0.1) is 32.9 Å². The van der Waals surface area contributed by atoms with Crippen LogP contribution < -0.4 is 0 Å². The fourth-order valence-corrected chi connectivity index (χ4v) is 4.06. The van der Waals surface area contributed by atoms with Crippen LogP contribution >= 0.6 is 0 Å². The quantitative estimate of drug-likeness (QED) is 0.199. The molecule has 0 unspecified atom stereocenters. The van der Waals surface area contributed by atoms with Gasteiger partial charge in [-0.05, 0) is 48.4 Å². The van der Waals surface area contributed by atoms with Gasteiger partial charge in [0.15, 0.2) is 0 Å². The molecule has 2 aromatic heterocycles. The Hall–Kier alpha value is -3.33. The molecule has 0 atom stereocenters. The van der Waals surface area contributed by atoms with E-state index in [4.69, 9.17) is 4.98 Å². The summed E-state index contributed by atoms with van der Waals surface area (Å²) in [5.74, 6) is 1.01. The van der Waals surface area contributed by atoms with Gasteiger partial charge in [-0.1, -0.05) is 31.2 Å². The predicted molar refractivity (Wildman–Crippen MR) is 136 cm³/mol. The van der Waals surface area contributed by atoms with Crippen molar-refractivity contribution < 1.29 is 20.1 Å². The topological polar surface area (TPSA) is 30.7 Å². The number of allylic oxidation sites excluding steroid dienone is 1. The second-order valence-electron chi connectivity index (χ2n) is 8.45. The fourth-order valence-electron chi connectivity index (χ4n) is 4.06. The zero-order chi connectivity index (χ0) is 22.8. The summed E-state index contributed by atoms with van der Waals surface area (Å²) in [4.78, 5) is 9.15. The zero-order valence-corrected chi connectivity index (χ0v) is 21.9. The molecule has 0 saturated carbocycles. The van der Waals surface area contributed by atoms with Gasteiger partial charge >= 0.3 is 0 Å². The van der Waals surface area contributed by atoms with Crippen LogP contribution in [0.1, 0.15) is 22.3 Å². The molecule has 1 aliphatic heterocycles. The molecular formula is C30H25IrN3-2. The molecule has 0 spiro atoms. The van der Waals surface area contributed by atoms with Crippen molar-refractivity contribution >= 4 is 17.1 Å². The Kier molecular flexibility index (Phi) is 7.21. The molecule has 1 radical (unpaired) electrons. The van der Waals surface area contributed by atoms with Gasteiger partial charge in [0.25, 0.3) is 0 Å². The largest absolute Gasteiger partial charge is 0.360 e. The van der Waals surface area contributed by atoms with E-state index < -0.39 is 0 Å². The standard InChI is InChI=1S/C17H13N2.C13H12N.Ir/c1-12-10-14-8-5-9-19-16(14)15(11-12)18-17(19)13-6-3-2-4-7-13;1-10-3-6-12(7-4-10)13-8-5-11(2)9-14-13;/h2-6,8,10-11H,9H2,1H3;3-6,8-9H,1-2H3;/q2*-1;. The molecule has 3 aromatic carbocycles. The first kappa shape index (κ1) is 23.8. The Morgan fingerprint density at radius 3 is 2.41 bits per heavy atom. The van der Waals surface area contributed by atoms with Gasteiger partial charge in [-0.25, -0.2) is 0 Å². The van der Waals surface area contributed by atoms with Gasteiger partial charge in [0, 0.05) is 32.8 Å². The van der Waals surface area contributed by atoms with E-state index in [-0.39, 0.29) is 20.1 Å². The molecule has 0 aliphatic carbocycles. The Balaban J connectivity index is 0.000000164. The first-order chi connectivity index (χ1) is 16.1. The maximum Gasteiger partial charge on any atom is 0.0779 e. The third-order valence-corrected chi connectivity index (χ3v) is 5.71. The summed E-state index contributed by atoms with van der Waals surface area (Å²) in [6.07, 6.45) is 6.26. The van der Waals surface area contributed by atoms with Crippen LogP contribution in [0.2, 0.25) is 0 Å². The molecule has 0 saturated heterocycles. The molecule has 0 fully saturated rings. The number of hydrogen-bond donors (Lipinski definition) is 0. The van der Waals surface area contributed by atoms with Crippen molar-refractivity contribution in [2.75, 3.05) is 0 Å². The smallest absolute Gasteiger partial charge is 0.0779 e. The monoisotopic (exact) mass is 620 g/mol. The number of rotatable bonds is 2. The van der Waals surface area contributed by atoms with Crippen LogP contribution in [0.3, 0.4) is 0 Å². The third kappa shape index (κ3) is 4.94. The average molecular weight is 620 g/mol. The second kappa shape index (κ2) is 10.3. The molecule has 0 bridgehead atoms. The van der Waals surface area contributed by atoms with Crippen LogP contribution in [-0.2, 0) is 26.7 Å². The van der Waals surface area contributed by atoms with E-state index >= 15 is 0 Å². The SMILES string of the molecule is Cc1c[c-]c(-c2ccc(C)cn2)cc1.Cc1cc2c3c(c1)nc(-c1[c-]cccc1)n3CC=C2.[Ir]. The fraction of sp³-hybridized carbons (Fsp3) is 0.133. The second-order valence-corrected chi connectivity index (χ2v) is 8.45. The van der Waals surface area contributed by atoms with Crippen molar-refractivity contribution in [3.63, 3.8) is 0 Å². The van der Waals surface area contributed by atoms with E-state index in [9.17, 15) is 0 Å². The molecule has 5 aromatic rings. The summed E-state index contributed by atoms with van der Waals surface area (Å²) in [5.41, 5.74) is 10.3. The van der Waals surface area contributed by atoms with Gasteiger partial charge in [-0.15, -0.1) is 71.3 Å². The number of aromatic nitrogens is 3. The number of imidazole rings is 1. The number of nitrogens with zero attached hydrogens (tertiary/aromatic N) is 3. The van der Waals surface area contributed by atoms with Gasteiger partial charge in [0.2, 0.25) is 0 Å². The average Bonchev–Trinajstić information content (AvgIpc) is 3.21. The number of benzene rings is 3. The molecule has 1 aliphatic rings. The maximum atomic E-state index is 4.81. The van der Waals surface area contributed by atoms with E-state index in [1.165, 1.54) is 27.8 Å². The van der Waals surface area contributed by atoms with Crippen LogP contribution in [0.5, 0.6) is 0 Å². The summed E-state index contributed by atoms with van der Waals surface area (Å²) in [6.45, 7) is 7.09. The van der Waals surface area contributed by atoms with Gasteiger partial charge in [-0.2, -0.15) is 0 Å². The van der Waals surface area contributed by atoms with E-state index in [0.29, 0.717) is 0 Å². The van der Waals surface area contributed by atoms with Crippen molar-refractivity contribution in [1.82, 2.24) is 14.5 Å². The minimum absolute atomic E-state index is 0. The number of hydrogen-bond acceptors (Lipinski definition) is 2. The first-order valence-corrected chi connectivity index (χ1v) is 11.1. The molecule has 34 heavy (non-hydrogen) atoms. The number of aryl methyl sites for hydroxylation is 3. The summed E-state index contributed by atoms with van der Waals surface area (Å²) < 4.78 is 2.27. The van der Waals surface area contributed by atoms with Crippen molar-refractivity contribution in [2.24, 2.45) is 0 Å². The van der Waals surface area contributed by atoms with Gasteiger partial charge in [0.1, 0.15) is 0 Å². The molecular weight excluding hydrogens is 595 g/mol. The van der Waals surface area contributed by atoms with Crippen molar-refractivity contribution in [2.45, 2.75) is 27.3 Å². The minimum atomic E-state index is 0. The van der Waals surface area contributed by atoms with Crippen molar-refractivity contribution in [1.29, 1.82) is 0 Å². The predicted octanol–water partition coefficient (Wildman–Crippen LogP) is 7.00. The molecule has 3 heterocycles. The first-order valence-electron chi connectivity index (χ1n) is 11.1. The zero-order valence-electron chi connectivity index (χ0n) is 19.5. The van der Waals surface area contributed by atoms with Crippen molar-refractivity contribution in [3.05, 3.63) is 113 Å². The summed E-state index contributed by atoms with van der Waals surface area (Å²) in [5, 5.41) is 0. The summed E-state index contributed by atoms with van der Waals surface area (Å²) in [6, 6.07) is 29.1. The molecule has 4 heteroatoms.